The number of para-hydroxylation sites is 2. The minimum atomic E-state index is 0.185. The van der Waals surface area contributed by atoms with Crippen LogP contribution in [0.4, 0.5) is 17.2 Å². The first-order chi connectivity index (χ1) is 13.1. The summed E-state index contributed by atoms with van der Waals surface area (Å²) in [6.45, 7) is 4.80. The number of hydrogen-bond acceptors (Lipinski definition) is 6. The number of nitrogens with two attached hydrogens (primary N) is 1. The maximum absolute atomic E-state index is 10.1. The first kappa shape index (κ1) is 17.1. The van der Waals surface area contributed by atoms with Crippen LogP contribution < -0.4 is 15.5 Å². The Kier molecular flexibility index (Phi) is 4.54. The zero-order valence-corrected chi connectivity index (χ0v) is 15.3. The number of nitrogen functional groups attached to an aromatic ring is 1. The molecule has 0 unspecified atom stereocenters. The molecule has 0 amide bonds. The van der Waals surface area contributed by atoms with E-state index in [1.165, 1.54) is 5.69 Å². The second-order valence-corrected chi connectivity index (χ2v) is 6.84. The van der Waals surface area contributed by atoms with Gasteiger partial charge in [0.05, 0.1) is 11.4 Å². The average Bonchev–Trinajstić information content (AvgIpc) is 2.69. The largest absolute Gasteiger partial charge is 0.507 e. The molecule has 4 rings (SSSR count). The molecule has 1 aromatic heterocycles. The fourth-order valence-electron chi connectivity index (χ4n) is 3.65. The van der Waals surface area contributed by atoms with Crippen molar-refractivity contribution in [1.82, 2.24) is 10.2 Å². The van der Waals surface area contributed by atoms with E-state index in [2.05, 4.69) is 51.2 Å². The lowest BCUT2D eigenvalue weighted by atomic mass is 10.1. The SMILES string of the molecule is C[C@H]1CN(c2cc(-c3ccccc3O)nnc2N)CCN1c1ccccc1. The quantitative estimate of drug-likeness (QED) is 0.746. The summed E-state index contributed by atoms with van der Waals surface area (Å²) in [5.74, 6) is 0.597. The van der Waals surface area contributed by atoms with Gasteiger partial charge in [-0.2, -0.15) is 0 Å². The molecule has 2 heterocycles. The number of rotatable bonds is 3. The van der Waals surface area contributed by atoms with Gasteiger partial charge in [0.25, 0.3) is 0 Å². The number of piperazine rings is 1. The van der Waals surface area contributed by atoms with E-state index in [0.717, 1.165) is 25.3 Å². The average molecular weight is 361 g/mol. The van der Waals surface area contributed by atoms with Gasteiger partial charge >= 0.3 is 0 Å². The van der Waals surface area contributed by atoms with Gasteiger partial charge in [0.15, 0.2) is 5.82 Å². The Hall–Kier alpha value is -3.28. The Labute approximate surface area is 158 Å². The van der Waals surface area contributed by atoms with Gasteiger partial charge in [-0.05, 0) is 37.3 Å². The molecule has 0 spiro atoms. The van der Waals surface area contributed by atoms with Gasteiger partial charge in [-0.1, -0.05) is 30.3 Å². The normalized spacial score (nSPS) is 17.1. The van der Waals surface area contributed by atoms with Crippen molar-refractivity contribution in [2.24, 2.45) is 0 Å². The maximum Gasteiger partial charge on any atom is 0.169 e. The van der Waals surface area contributed by atoms with Crippen LogP contribution in [0.2, 0.25) is 0 Å². The van der Waals surface area contributed by atoms with E-state index in [-0.39, 0.29) is 5.75 Å². The first-order valence-corrected chi connectivity index (χ1v) is 9.11. The maximum atomic E-state index is 10.1. The molecule has 27 heavy (non-hydrogen) atoms. The van der Waals surface area contributed by atoms with Crippen LogP contribution in [0.1, 0.15) is 6.92 Å². The lowest BCUT2D eigenvalue weighted by Crippen LogP contribution is -2.52. The number of hydrogen-bond donors (Lipinski definition) is 2. The van der Waals surface area contributed by atoms with Gasteiger partial charge in [-0.25, -0.2) is 0 Å². The molecule has 138 valence electrons. The monoisotopic (exact) mass is 361 g/mol. The highest BCUT2D eigenvalue weighted by Crippen LogP contribution is 2.32. The Bertz CT molecular complexity index is 931. The van der Waals surface area contributed by atoms with Gasteiger partial charge in [-0.3, -0.25) is 0 Å². The van der Waals surface area contributed by atoms with Crippen LogP contribution in [0.3, 0.4) is 0 Å². The van der Waals surface area contributed by atoms with Crippen molar-refractivity contribution < 1.29 is 5.11 Å². The van der Waals surface area contributed by atoms with Gasteiger partial charge in [-0.15, -0.1) is 10.2 Å². The fourth-order valence-corrected chi connectivity index (χ4v) is 3.65. The van der Waals surface area contributed by atoms with Crippen molar-refractivity contribution in [3.05, 3.63) is 60.7 Å². The molecule has 2 aromatic carbocycles. The van der Waals surface area contributed by atoms with Crippen molar-refractivity contribution >= 4 is 17.2 Å². The Morgan fingerprint density at radius 1 is 1.00 bits per heavy atom. The molecule has 6 heteroatoms. The number of phenols is 1. The van der Waals surface area contributed by atoms with Crippen LogP contribution in [0, 0.1) is 0 Å². The van der Waals surface area contributed by atoms with E-state index in [1.54, 1.807) is 12.1 Å². The molecule has 1 atom stereocenters. The lowest BCUT2D eigenvalue weighted by molar-refractivity contribution is 0.477. The summed E-state index contributed by atoms with van der Waals surface area (Å²) < 4.78 is 0. The summed E-state index contributed by atoms with van der Waals surface area (Å²) in [4.78, 5) is 4.66. The van der Waals surface area contributed by atoms with Gasteiger partial charge in [0.2, 0.25) is 0 Å². The second-order valence-electron chi connectivity index (χ2n) is 6.84. The molecule has 3 N–H and O–H groups in total. The summed E-state index contributed by atoms with van der Waals surface area (Å²) in [7, 11) is 0. The summed E-state index contributed by atoms with van der Waals surface area (Å²) >= 11 is 0. The minimum absolute atomic E-state index is 0.185. The minimum Gasteiger partial charge on any atom is -0.507 e. The molecule has 0 radical (unpaired) electrons. The Morgan fingerprint density at radius 3 is 2.48 bits per heavy atom. The van der Waals surface area contributed by atoms with Crippen LogP contribution in [0.25, 0.3) is 11.3 Å². The fraction of sp³-hybridized carbons (Fsp3) is 0.238. The topological polar surface area (TPSA) is 78.5 Å². The first-order valence-electron chi connectivity index (χ1n) is 9.11. The molecule has 1 aliphatic heterocycles. The molecule has 0 saturated carbocycles. The van der Waals surface area contributed by atoms with E-state index >= 15 is 0 Å². The predicted molar refractivity (Wildman–Crippen MR) is 109 cm³/mol. The number of phenolic OH excluding ortho intramolecular Hbond substituents is 1. The highest BCUT2D eigenvalue weighted by Gasteiger charge is 2.26. The highest BCUT2D eigenvalue weighted by atomic mass is 16.3. The molecule has 0 bridgehead atoms. The van der Waals surface area contributed by atoms with Crippen LogP contribution in [0.5, 0.6) is 5.75 Å². The number of nitrogens with zero attached hydrogens (tertiary/aromatic N) is 4. The Balaban J connectivity index is 1.59. The standard InChI is InChI=1S/C21H23N5O/c1-15-14-25(11-12-26(15)16-7-3-2-4-8-16)19-13-18(23-24-21(19)22)17-9-5-6-10-20(17)27/h2-10,13,15,27H,11-12,14H2,1H3,(H2,22,24)/t15-/m0/s1. The summed E-state index contributed by atoms with van der Waals surface area (Å²) in [5.41, 5.74) is 9.51. The second kappa shape index (κ2) is 7.15. The molecular formula is C21H23N5O. The van der Waals surface area contributed by atoms with E-state index in [1.807, 2.05) is 24.3 Å². The van der Waals surface area contributed by atoms with Gasteiger partial charge in [0, 0.05) is 36.9 Å². The molecule has 3 aromatic rings. The summed E-state index contributed by atoms with van der Waals surface area (Å²) in [6.07, 6.45) is 0. The predicted octanol–water partition coefficient (Wildman–Crippen LogP) is 3.15. The summed E-state index contributed by atoms with van der Waals surface area (Å²) in [6, 6.07) is 19.8. The van der Waals surface area contributed by atoms with E-state index in [0.29, 0.717) is 23.1 Å². The van der Waals surface area contributed by atoms with E-state index in [9.17, 15) is 5.11 Å². The number of benzene rings is 2. The van der Waals surface area contributed by atoms with Crippen LogP contribution in [-0.2, 0) is 0 Å². The van der Waals surface area contributed by atoms with Crippen molar-refractivity contribution in [3.8, 4) is 17.0 Å². The van der Waals surface area contributed by atoms with Crippen molar-refractivity contribution in [3.63, 3.8) is 0 Å². The number of anilines is 3. The molecule has 1 fully saturated rings. The molecule has 1 aliphatic rings. The zero-order chi connectivity index (χ0) is 18.8. The van der Waals surface area contributed by atoms with Gasteiger partial charge < -0.3 is 20.6 Å². The molecule has 0 aliphatic carbocycles. The third-order valence-electron chi connectivity index (χ3n) is 5.04. The zero-order valence-electron chi connectivity index (χ0n) is 15.3. The molecule has 6 nitrogen and oxygen atoms in total. The van der Waals surface area contributed by atoms with E-state index in [4.69, 9.17) is 5.73 Å². The van der Waals surface area contributed by atoms with Crippen LogP contribution >= 0.6 is 0 Å². The van der Waals surface area contributed by atoms with Crippen molar-refractivity contribution in [2.45, 2.75) is 13.0 Å². The van der Waals surface area contributed by atoms with Crippen molar-refractivity contribution in [2.75, 3.05) is 35.2 Å². The molecular weight excluding hydrogens is 338 g/mol. The third kappa shape index (κ3) is 3.38. The van der Waals surface area contributed by atoms with Gasteiger partial charge in [0.1, 0.15) is 5.75 Å². The molecule has 1 saturated heterocycles. The van der Waals surface area contributed by atoms with Crippen LogP contribution in [0.15, 0.2) is 60.7 Å². The third-order valence-corrected chi connectivity index (χ3v) is 5.04. The number of aromatic nitrogens is 2. The lowest BCUT2D eigenvalue weighted by Gasteiger charge is -2.42. The summed E-state index contributed by atoms with van der Waals surface area (Å²) in [5, 5.41) is 18.4. The smallest absolute Gasteiger partial charge is 0.169 e. The number of aromatic hydroxyl groups is 1. The van der Waals surface area contributed by atoms with E-state index < -0.39 is 0 Å². The van der Waals surface area contributed by atoms with Crippen LogP contribution in [-0.4, -0.2) is 41.0 Å². The highest BCUT2D eigenvalue weighted by molar-refractivity contribution is 5.74. The van der Waals surface area contributed by atoms with Crippen molar-refractivity contribution in [1.29, 1.82) is 0 Å². The Morgan fingerprint density at radius 2 is 1.74 bits per heavy atom.